The number of rotatable bonds is 0. The summed E-state index contributed by atoms with van der Waals surface area (Å²) < 4.78 is 0. The van der Waals surface area contributed by atoms with E-state index in [1.165, 1.54) is 51.4 Å². The van der Waals surface area contributed by atoms with E-state index in [0.29, 0.717) is 0 Å². The van der Waals surface area contributed by atoms with Crippen LogP contribution in [0.2, 0.25) is 0 Å². The van der Waals surface area contributed by atoms with Gasteiger partial charge < -0.3 is 0 Å². The molecule has 0 atom stereocenters. The van der Waals surface area contributed by atoms with Crippen molar-refractivity contribution in [2.24, 2.45) is 11.3 Å². The molecule has 2 rings (SSSR count). The summed E-state index contributed by atoms with van der Waals surface area (Å²) in [7, 11) is 0. The van der Waals surface area contributed by atoms with E-state index in [4.69, 9.17) is 0 Å². The van der Waals surface area contributed by atoms with Crippen molar-refractivity contribution in [3.8, 4) is 0 Å². The highest BCUT2D eigenvalue weighted by Crippen LogP contribution is 2.45. The fraction of sp³-hybridized carbons (Fsp3) is 1.00. The summed E-state index contributed by atoms with van der Waals surface area (Å²) >= 11 is 0. The third kappa shape index (κ3) is 1.84. The molecule has 0 radical (unpaired) electrons. The van der Waals surface area contributed by atoms with Crippen LogP contribution in [0.25, 0.3) is 0 Å². The molecule has 0 unspecified atom stereocenters. The van der Waals surface area contributed by atoms with Crippen LogP contribution in [0.4, 0.5) is 0 Å². The topological polar surface area (TPSA) is 0 Å². The third-order valence-corrected chi connectivity index (χ3v) is 4.07. The van der Waals surface area contributed by atoms with E-state index in [1.54, 1.807) is 6.42 Å². The lowest BCUT2D eigenvalue weighted by Crippen LogP contribution is -2.16. The van der Waals surface area contributed by atoms with Gasteiger partial charge >= 0.3 is 0 Å². The van der Waals surface area contributed by atoms with Crippen LogP contribution in [0.15, 0.2) is 0 Å². The summed E-state index contributed by atoms with van der Waals surface area (Å²) in [6.45, 7) is 2.54. The first kappa shape index (κ1) is 8.59. The van der Waals surface area contributed by atoms with E-state index in [9.17, 15) is 0 Å². The fourth-order valence-corrected chi connectivity index (χ4v) is 3.34. The van der Waals surface area contributed by atoms with Gasteiger partial charge in [-0.05, 0) is 30.6 Å². The van der Waals surface area contributed by atoms with Gasteiger partial charge in [-0.15, -0.1) is 0 Å². The van der Waals surface area contributed by atoms with Crippen LogP contribution in [0, 0.1) is 11.3 Å². The van der Waals surface area contributed by atoms with E-state index in [0.717, 1.165) is 11.3 Å². The van der Waals surface area contributed by atoms with Crippen molar-refractivity contribution in [2.75, 3.05) is 0 Å². The fourth-order valence-electron chi connectivity index (χ4n) is 3.34. The summed E-state index contributed by atoms with van der Waals surface area (Å²) in [5.41, 5.74) is 0.748. The Morgan fingerprint density at radius 1 is 0.917 bits per heavy atom. The van der Waals surface area contributed by atoms with Gasteiger partial charge in [-0.2, -0.15) is 0 Å². The van der Waals surface area contributed by atoms with Crippen molar-refractivity contribution in [3.63, 3.8) is 0 Å². The standard InChI is InChI=1S/C12H22/c1-12-8-4-2-6-11(10-12)7-3-5-9-12/h11H,2-10H2,1H3. The Morgan fingerprint density at radius 3 is 2.08 bits per heavy atom. The highest BCUT2D eigenvalue weighted by Gasteiger charge is 2.31. The summed E-state index contributed by atoms with van der Waals surface area (Å²) in [4.78, 5) is 0. The van der Waals surface area contributed by atoms with E-state index in [2.05, 4.69) is 6.92 Å². The van der Waals surface area contributed by atoms with E-state index in [1.807, 2.05) is 0 Å². The summed E-state index contributed by atoms with van der Waals surface area (Å²) in [5.74, 6) is 1.10. The average Bonchev–Trinajstić information content (AvgIpc) is 2.33. The first-order valence-electron chi connectivity index (χ1n) is 5.79. The van der Waals surface area contributed by atoms with Crippen LogP contribution in [0.3, 0.4) is 0 Å². The Hall–Kier alpha value is 0. The SMILES string of the molecule is CC12CCCCC(CCCC1)C2. The molecule has 70 valence electrons. The molecule has 0 aromatic rings. The summed E-state index contributed by atoms with van der Waals surface area (Å²) in [6, 6.07) is 0. The van der Waals surface area contributed by atoms with Crippen molar-refractivity contribution in [1.29, 1.82) is 0 Å². The normalized spacial score (nSPS) is 43.2. The van der Waals surface area contributed by atoms with E-state index in [-0.39, 0.29) is 0 Å². The molecule has 0 N–H and O–H groups in total. The second kappa shape index (κ2) is 3.40. The molecular formula is C12H22. The molecule has 0 nitrogen and oxygen atoms in total. The third-order valence-electron chi connectivity index (χ3n) is 4.07. The Balaban J connectivity index is 2.08. The lowest BCUT2D eigenvalue weighted by Gasteiger charge is -2.28. The Kier molecular flexibility index (Phi) is 2.43. The van der Waals surface area contributed by atoms with Gasteiger partial charge in [0.15, 0.2) is 0 Å². The highest BCUT2D eigenvalue weighted by molar-refractivity contribution is 4.83. The lowest BCUT2D eigenvalue weighted by molar-refractivity contribution is 0.236. The Morgan fingerprint density at radius 2 is 1.50 bits per heavy atom. The molecule has 2 saturated carbocycles. The molecular weight excluding hydrogens is 144 g/mol. The average molecular weight is 166 g/mol. The maximum absolute atomic E-state index is 2.54. The molecule has 0 heteroatoms. The van der Waals surface area contributed by atoms with Gasteiger partial charge in [-0.25, -0.2) is 0 Å². The molecule has 0 aromatic carbocycles. The van der Waals surface area contributed by atoms with E-state index < -0.39 is 0 Å². The van der Waals surface area contributed by atoms with Crippen molar-refractivity contribution in [1.82, 2.24) is 0 Å². The van der Waals surface area contributed by atoms with Gasteiger partial charge in [0.25, 0.3) is 0 Å². The molecule has 0 spiro atoms. The molecule has 0 amide bonds. The Bertz CT molecular complexity index is 136. The predicted molar refractivity (Wildman–Crippen MR) is 53.2 cm³/mol. The molecule has 0 heterocycles. The summed E-state index contributed by atoms with van der Waals surface area (Å²) in [6.07, 6.45) is 13.7. The first-order chi connectivity index (χ1) is 5.79. The quantitative estimate of drug-likeness (QED) is 0.507. The van der Waals surface area contributed by atoms with Crippen LogP contribution >= 0.6 is 0 Å². The van der Waals surface area contributed by atoms with Gasteiger partial charge in [0.2, 0.25) is 0 Å². The van der Waals surface area contributed by atoms with Crippen LogP contribution in [0.5, 0.6) is 0 Å². The molecule has 2 fully saturated rings. The molecule has 2 aliphatic carbocycles. The van der Waals surface area contributed by atoms with Crippen molar-refractivity contribution in [3.05, 3.63) is 0 Å². The molecule has 2 aliphatic rings. The molecule has 12 heavy (non-hydrogen) atoms. The zero-order valence-electron chi connectivity index (χ0n) is 8.44. The van der Waals surface area contributed by atoms with Crippen LogP contribution in [-0.2, 0) is 0 Å². The van der Waals surface area contributed by atoms with Gasteiger partial charge in [-0.3, -0.25) is 0 Å². The minimum Gasteiger partial charge on any atom is -0.0596 e. The first-order valence-corrected chi connectivity index (χ1v) is 5.79. The number of hydrogen-bond donors (Lipinski definition) is 0. The lowest BCUT2D eigenvalue weighted by atomic mass is 9.78. The number of hydrogen-bond acceptors (Lipinski definition) is 0. The largest absolute Gasteiger partial charge is 0.0596 e. The summed E-state index contributed by atoms with van der Waals surface area (Å²) in [5, 5.41) is 0. The molecule has 0 aromatic heterocycles. The second-order valence-corrected chi connectivity index (χ2v) is 5.37. The molecule has 2 bridgehead atoms. The monoisotopic (exact) mass is 166 g/mol. The van der Waals surface area contributed by atoms with E-state index >= 15 is 0 Å². The molecule has 0 aliphatic heterocycles. The molecule has 0 saturated heterocycles. The van der Waals surface area contributed by atoms with Gasteiger partial charge in [0.1, 0.15) is 0 Å². The smallest absolute Gasteiger partial charge is 0.0323 e. The van der Waals surface area contributed by atoms with Crippen LogP contribution in [-0.4, -0.2) is 0 Å². The number of fused-ring (bicyclic) bond motifs is 2. The zero-order valence-corrected chi connectivity index (χ0v) is 8.44. The van der Waals surface area contributed by atoms with Crippen molar-refractivity contribution >= 4 is 0 Å². The maximum atomic E-state index is 2.54. The minimum absolute atomic E-state index is 0.748. The highest BCUT2D eigenvalue weighted by atomic mass is 14.4. The van der Waals surface area contributed by atoms with Gasteiger partial charge in [-0.1, -0.05) is 45.4 Å². The Labute approximate surface area is 76.7 Å². The predicted octanol–water partition coefficient (Wildman–Crippen LogP) is 4.15. The zero-order chi connectivity index (χ0) is 8.44. The van der Waals surface area contributed by atoms with Gasteiger partial charge in [0, 0.05) is 0 Å². The van der Waals surface area contributed by atoms with Gasteiger partial charge in [0.05, 0.1) is 0 Å². The minimum atomic E-state index is 0.748. The van der Waals surface area contributed by atoms with Crippen LogP contribution < -0.4 is 0 Å². The van der Waals surface area contributed by atoms with Crippen molar-refractivity contribution in [2.45, 2.75) is 64.7 Å². The maximum Gasteiger partial charge on any atom is -0.0323 e. The second-order valence-electron chi connectivity index (χ2n) is 5.37. The van der Waals surface area contributed by atoms with Crippen molar-refractivity contribution < 1.29 is 0 Å². The van der Waals surface area contributed by atoms with Crippen LogP contribution in [0.1, 0.15) is 64.7 Å².